The molecule has 5 unspecified atom stereocenters. The van der Waals surface area contributed by atoms with E-state index in [1.807, 2.05) is 97.1 Å². The molecule has 3 N–H and O–H groups in total. The monoisotopic (exact) mass is 654 g/mol. The first kappa shape index (κ1) is 37.9. The first-order chi connectivity index (χ1) is 23.4. The molecule has 0 radical (unpaired) electrons. The fourth-order valence-electron chi connectivity index (χ4n) is 5.70. The van der Waals surface area contributed by atoms with Crippen molar-refractivity contribution in [3.8, 4) is 0 Å². The molecule has 0 saturated carbocycles. The third-order valence-corrected chi connectivity index (χ3v) is 8.19. The van der Waals surface area contributed by atoms with Gasteiger partial charge in [-0.2, -0.15) is 0 Å². The number of esters is 1. The highest BCUT2D eigenvalue weighted by atomic mass is 16.5. The van der Waals surface area contributed by atoms with Gasteiger partial charge in [0.05, 0.1) is 37.1 Å². The topological polar surface area (TPSA) is 114 Å². The summed E-state index contributed by atoms with van der Waals surface area (Å²) in [5.41, 5.74) is 2.73. The van der Waals surface area contributed by atoms with Crippen LogP contribution in [-0.2, 0) is 36.7 Å². The Balaban J connectivity index is 1.78. The van der Waals surface area contributed by atoms with Crippen molar-refractivity contribution in [2.24, 2.45) is 11.8 Å². The van der Waals surface area contributed by atoms with Gasteiger partial charge in [0.1, 0.15) is 6.10 Å². The molecule has 0 aliphatic carbocycles. The Bertz CT molecular complexity index is 1400. The number of rotatable bonds is 22. The van der Waals surface area contributed by atoms with E-state index in [9.17, 15) is 19.5 Å². The van der Waals surface area contributed by atoms with Crippen molar-refractivity contribution in [1.82, 2.24) is 10.6 Å². The lowest BCUT2D eigenvalue weighted by Gasteiger charge is -2.30. The highest BCUT2D eigenvalue weighted by Crippen LogP contribution is 2.27. The predicted octanol–water partition coefficient (Wildman–Crippen LogP) is 5.92. The smallest absolute Gasteiger partial charge is 0.309 e. The van der Waals surface area contributed by atoms with E-state index >= 15 is 0 Å². The van der Waals surface area contributed by atoms with E-state index in [-0.39, 0.29) is 43.8 Å². The number of aliphatic hydroxyl groups excluding tert-OH is 1. The Kier molecular flexibility index (Phi) is 16.9. The number of benzene rings is 3. The maximum atomic E-state index is 13.9. The zero-order valence-corrected chi connectivity index (χ0v) is 28.0. The molecule has 3 rings (SSSR count). The summed E-state index contributed by atoms with van der Waals surface area (Å²) in [7, 11) is 1.52. The number of aliphatic hydroxyl groups is 1. The Hall–Kier alpha value is -4.53. The summed E-state index contributed by atoms with van der Waals surface area (Å²) in [6.45, 7) is 7.43. The van der Waals surface area contributed by atoms with Gasteiger partial charge in [-0.1, -0.05) is 103 Å². The maximum absolute atomic E-state index is 13.9. The van der Waals surface area contributed by atoms with Gasteiger partial charge in [-0.05, 0) is 55.2 Å². The van der Waals surface area contributed by atoms with E-state index in [4.69, 9.17) is 9.47 Å². The van der Waals surface area contributed by atoms with Crippen molar-refractivity contribution < 1.29 is 29.0 Å². The van der Waals surface area contributed by atoms with E-state index in [1.165, 1.54) is 7.11 Å². The molecule has 0 fully saturated rings. The third kappa shape index (κ3) is 12.9. The number of carbonyl (C=O) groups excluding carboxylic acids is 3. The van der Waals surface area contributed by atoms with E-state index in [1.54, 1.807) is 6.08 Å². The Morgan fingerprint density at radius 2 is 1.42 bits per heavy atom. The van der Waals surface area contributed by atoms with Crippen LogP contribution in [0.3, 0.4) is 0 Å². The van der Waals surface area contributed by atoms with Crippen LogP contribution in [0.1, 0.15) is 54.9 Å². The number of nitrogens with one attached hydrogen (secondary N) is 2. The number of methoxy groups -OCH3 is 1. The average Bonchev–Trinajstić information content (AvgIpc) is 3.10. The van der Waals surface area contributed by atoms with Gasteiger partial charge in [0.2, 0.25) is 11.8 Å². The SMILES string of the molecule is C=CCCCC(Cc1ccccc1)C(=O)OC(c1ccccc1)C(COC)NC(=O)C(CC=C)CC(=O)NC(CO)Cc1ccccc1. The fourth-order valence-corrected chi connectivity index (χ4v) is 5.70. The van der Waals surface area contributed by atoms with Gasteiger partial charge in [-0.3, -0.25) is 14.4 Å². The first-order valence-corrected chi connectivity index (χ1v) is 16.6. The Morgan fingerprint density at radius 3 is 1.98 bits per heavy atom. The maximum Gasteiger partial charge on any atom is 0.309 e. The minimum atomic E-state index is -0.844. The number of hydrogen-bond donors (Lipinski definition) is 3. The summed E-state index contributed by atoms with van der Waals surface area (Å²) in [6, 6.07) is 27.5. The van der Waals surface area contributed by atoms with Gasteiger partial charge in [-0.15, -0.1) is 13.2 Å². The van der Waals surface area contributed by atoms with Gasteiger partial charge in [0.15, 0.2) is 0 Å². The highest BCUT2D eigenvalue weighted by Gasteiger charge is 2.33. The number of unbranched alkanes of at least 4 members (excludes halogenated alkanes) is 1. The van der Waals surface area contributed by atoms with E-state index in [2.05, 4.69) is 23.8 Å². The van der Waals surface area contributed by atoms with E-state index in [0.29, 0.717) is 24.8 Å². The molecule has 0 aliphatic heterocycles. The Morgan fingerprint density at radius 1 is 0.812 bits per heavy atom. The number of carbonyl (C=O) groups is 3. The number of hydrogen-bond acceptors (Lipinski definition) is 6. The summed E-state index contributed by atoms with van der Waals surface area (Å²) in [4.78, 5) is 40.8. The molecule has 48 heavy (non-hydrogen) atoms. The summed E-state index contributed by atoms with van der Waals surface area (Å²) in [5.74, 6) is -2.24. The summed E-state index contributed by atoms with van der Waals surface area (Å²) >= 11 is 0. The van der Waals surface area contributed by atoms with Crippen LogP contribution in [-0.4, -0.2) is 55.3 Å². The molecule has 3 aromatic carbocycles. The lowest BCUT2D eigenvalue weighted by atomic mass is 9.93. The summed E-state index contributed by atoms with van der Waals surface area (Å²) in [6.07, 6.45) is 5.92. The van der Waals surface area contributed by atoms with Gasteiger partial charge < -0.3 is 25.2 Å². The normalized spacial score (nSPS) is 14.0. The quantitative estimate of drug-likeness (QED) is 0.0705. The first-order valence-electron chi connectivity index (χ1n) is 16.6. The number of ether oxygens (including phenoxy) is 2. The minimum Gasteiger partial charge on any atom is -0.455 e. The van der Waals surface area contributed by atoms with Gasteiger partial charge >= 0.3 is 5.97 Å². The Labute approximate surface area is 285 Å². The van der Waals surface area contributed by atoms with Crippen LogP contribution in [0.15, 0.2) is 116 Å². The van der Waals surface area contributed by atoms with Crippen LogP contribution in [0.25, 0.3) is 0 Å². The molecular weight excluding hydrogens is 604 g/mol. The van der Waals surface area contributed by atoms with Crippen LogP contribution in [0.5, 0.6) is 0 Å². The third-order valence-electron chi connectivity index (χ3n) is 8.19. The molecule has 256 valence electrons. The van der Waals surface area contributed by atoms with Crippen LogP contribution in [0.2, 0.25) is 0 Å². The highest BCUT2D eigenvalue weighted by molar-refractivity contribution is 5.86. The zero-order chi connectivity index (χ0) is 34.6. The molecule has 8 heteroatoms. The predicted molar refractivity (Wildman–Crippen MR) is 189 cm³/mol. The second-order valence-electron chi connectivity index (χ2n) is 12.0. The van der Waals surface area contributed by atoms with Gasteiger partial charge in [-0.25, -0.2) is 0 Å². The van der Waals surface area contributed by atoms with Crippen molar-refractivity contribution in [1.29, 1.82) is 0 Å². The molecule has 0 bridgehead atoms. The summed E-state index contributed by atoms with van der Waals surface area (Å²) in [5, 5.41) is 15.8. The lowest BCUT2D eigenvalue weighted by molar-refractivity contribution is -0.158. The zero-order valence-electron chi connectivity index (χ0n) is 28.0. The van der Waals surface area contributed by atoms with Crippen LogP contribution in [0.4, 0.5) is 0 Å². The lowest BCUT2D eigenvalue weighted by Crippen LogP contribution is -2.47. The van der Waals surface area contributed by atoms with E-state index < -0.39 is 30.0 Å². The standard InChI is InChI=1S/C40H50N2O6/c1-4-6-10-24-34(25-30-18-11-7-12-19-30)40(46)48-38(32-22-15-9-16-23-32)36(29-47-3)42-39(45)33(17-5-2)27-37(44)41-35(28-43)26-31-20-13-8-14-21-31/h4-5,7-9,11-16,18-23,33-36,38,43H,1-2,6,10,17,24-29H2,3H3,(H,41,44)(H,42,45). The van der Waals surface area contributed by atoms with Crippen LogP contribution < -0.4 is 10.6 Å². The van der Waals surface area contributed by atoms with Crippen molar-refractivity contribution in [2.75, 3.05) is 20.3 Å². The van der Waals surface area contributed by atoms with Crippen molar-refractivity contribution >= 4 is 17.8 Å². The molecule has 0 aliphatic rings. The van der Waals surface area contributed by atoms with Crippen molar-refractivity contribution in [3.05, 3.63) is 133 Å². The number of amides is 2. The fraction of sp³-hybridized carbons (Fsp3) is 0.375. The average molecular weight is 655 g/mol. The van der Waals surface area contributed by atoms with Gasteiger partial charge in [0, 0.05) is 13.5 Å². The van der Waals surface area contributed by atoms with Crippen LogP contribution >= 0.6 is 0 Å². The molecule has 0 saturated heterocycles. The van der Waals surface area contributed by atoms with E-state index in [0.717, 1.165) is 24.0 Å². The largest absolute Gasteiger partial charge is 0.455 e. The molecule has 8 nitrogen and oxygen atoms in total. The minimum absolute atomic E-state index is 0.0645. The second-order valence-corrected chi connectivity index (χ2v) is 12.0. The van der Waals surface area contributed by atoms with Crippen molar-refractivity contribution in [2.45, 2.75) is 63.1 Å². The molecule has 0 aromatic heterocycles. The molecule has 0 heterocycles. The molecule has 0 spiro atoms. The molecule has 3 aromatic rings. The van der Waals surface area contributed by atoms with Crippen LogP contribution in [0, 0.1) is 11.8 Å². The van der Waals surface area contributed by atoms with Gasteiger partial charge in [0.25, 0.3) is 0 Å². The summed E-state index contributed by atoms with van der Waals surface area (Å²) < 4.78 is 11.8. The molecule has 2 amide bonds. The molecule has 5 atom stereocenters. The second kappa shape index (κ2) is 21.4. The van der Waals surface area contributed by atoms with Crippen molar-refractivity contribution in [3.63, 3.8) is 0 Å². The number of allylic oxidation sites excluding steroid dienone is 2. The molecular formula is C40H50N2O6.